The Morgan fingerprint density at radius 2 is 2.14 bits per heavy atom. The molecule has 7 heteroatoms. The lowest BCUT2D eigenvalue weighted by Gasteiger charge is -2.13. The summed E-state index contributed by atoms with van der Waals surface area (Å²) >= 11 is 0. The zero-order chi connectivity index (χ0) is 15.7. The number of fused-ring (bicyclic) bond motifs is 1. The van der Waals surface area contributed by atoms with Crippen LogP contribution in [0.25, 0.3) is 0 Å². The Balaban J connectivity index is 1.92. The molecule has 7 nitrogen and oxygen atoms in total. The van der Waals surface area contributed by atoms with Crippen LogP contribution < -0.4 is 0 Å². The third kappa shape index (κ3) is 2.63. The molecule has 0 aromatic carbocycles. The molecule has 118 valence electrons. The van der Waals surface area contributed by atoms with Gasteiger partial charge in [-0.05, 0) is 25.7 Å². The molecule has 0 spiro atoms. The first kappa shape index (κ1) is 14.7. The van der Waals surface area contributed by atoms with Crippen LogP contribution in [0.5, 0.6) is 0 Å². The normalized spacial score (nSPS) is 14.2. The van der Waals surface area contributed by atoms with Gasteiger partial charge >= 0.3 is 5.97 Å². The first-order valence-electron chi connectivity index (χ1n) is 7.59. The van der Waals surface area contributed by atoms with Crippen molar-refractivity contribution in [2.75, 3.05) is 7.11 Å². The van der Waals surface area contributed by atoms with Crippen LogP contribution in [0, 0.1) is 0 Å². The molecular formula is C15H20N4O3. The van der Waals surface area contributed by atoms with Crippen molar-refractivity contribution in [1.82, 2.24) is 19.9 Å². The molecule has 22 heavy (non-hydrogen) atoms. The van der Waals surface area contributed by atoms with Crippen LogP contribution in [0.15, 0.2) is 4.52 Å². The van der Waals surface area contributed by atoms with Gasteiger partial charge in [0.25, 0.3) is 0 Å². The fourth-order valence-electron chi connectivity index (χ4n) is 2.76. The predicted octanol–water partition coefficient (Wildman–Crippen LogP) is 2.10. The Morgan fingerprint density at radius 3 is 2.82 bits per heavy atom. The zero-order valence-corrected chi connectivity index (χ0v) is 13.1. The van der Waals surface area contributed by atoms with E-state index in [-0.39, 0.29) is 11.9 Å². The molecule has 0 radical (unpaired) electrons. The summed E-state index contributed by atoms with van der Waals surface area (Å²) in [7, 11) is 1.38. The van der Waals surface area contributed by atoms with Crippen molar-refractivity contribution >= 4 is 5.97 Å². The number of ether oxygens (including phenoxy) is 1. The van der Waals surface area contributed by atoms with Gasteiger partial charge in [0.1, 0.15) is 6.54 Å². The molecular weight excluding hydrogens is 284 g/mol. The number of hydrogen-bond donors (Lipinski definition) is 0. The molecule has 0 unspecified atom stereocenters. The third-order valence-electron chi connectivity index (χ3n) is 3.90. The van der Waals surface area contributed by atoms with Crippen molar-refractivity contribution in [3.8, 4) is 0 Å². The van der Waals surface area contributed by atoms with Gasteiger partial charge in [0.2, 0.25) is 5.89 Å². The summed E-state index contributed by atoms with van der Waals surface area (Å²) in [5, 5.41) is 8.43. The average Bonchev–Trinajstić information content (AvgIpc) is 3.13. The standard InChI is InChI=1S/C15H20N4O3/c1-9(2)14-16-12(18-22-14)8-19-11-7-5-4-6-10(11)13(17-19)15(20)21-3/h9H,4-8H2,1-3H3. The van der Waals surface area contributed by atoms with Crippen molar-refractivity contribution in [2.24, 2.45) is 0 Å². The van der Waals surface area contributed by atoms with E-state index in [1.807, 2.05) is 18.5 Å². The van der Waals surface area contributed by atoms with E-state index in [9.17, 15) is 4.79 Å². The fourth-order valence-corrected chi connectivity index (χ4v) is 2.76. The highest BCUT2D eigenvalue weighted by atomic mass is 16.5. The maximum atomic E-state index is 11.9. The van der Waals surface area contributed by atoms with Crippen LogP contribution in [0.1, 0.15) is 66.1 Å². The minimum atomic E-state index is -0.382. The summed E-state index contributed by atoms with van der Waals surface area (Å²) in [5.74, 6) is 1.01. The molecule has 3 rings (SSSR count). The molecule has 0 saturated heterocycles. The minimum Gasteiger partial charge on any atom is -0.464 e. The third-order valence-corrected chi connectivity index (χ3v) is 3.90. The predicted molar refractivity (Wildman–Crippen MR) is 77.7 cm³/mol. The van der Waals surface area contributed by atoms with Crippen LogP contribution in [0.2, 0.25) is 0 Å². The molecule has 0 atom stereocenters. The fraction of sp³-hybridized carbons (Fsp3) is 0.600. The zero-order valence-electron chi connectivity index (χ0n) is 13.1. The van der Waals surface area contributed by atoms with Crippen molar-refractivity contribution in [2.45, 2.75) is 52.0 Å². The van der Waals surface area contributed by atoms with Gasteiger partial charge < -0.3 is 9.26 Å². The summed E-state index contributed by atoms with van der Waals surface area (Å²) in [6, 6.07) is 0. The molecule has 2 heterocycles. The van der Waals surface area contributed by atoms with Crippen molar-refractivity contribution in [3.63, 3.8) is 0 Å². The maximum Gasteiger partial charge on any atom is 0.358 e. The van der Waals surface area contributed by atoms with E-state index < -0.39 is 0 Å². The van der Waals surface area contributed by atoms with E-state index in [4.69, 9.17) is 9.26 Å². The molecule has 0 saturated carbocycles. The topological polar surface area (TPSA) is 83.0 Å². The highest BCUT2D eigenvalue weighted by molar-refractivity contribution is 5.89. The molecule has 2 aromatic rings. The Hall–Kier alpha value is -2.18. The van der Waals surface area contributed by atoms with Gasteiger partial charge in [-0.1, -0.05) is 19.0 Å². The number of nitrogens with zero attached hydrogens (tertiary/aromatic N) is 4. The van der Waals surface area contributed by atoms with Crippen molar-refractivity contribution in [1.29, 1.82) is 0 Å². The van der Waals surface area contributed by atoms with E-state index in [2.05, 4.69) is 15.2 Å². The van der Waals surface area contributed by atoms with E-state index >= 15 is 0 Å². The van der Waals surface area contributed by atoms with Gasteiger partial charge in [-0.15, -0.1) is 0 Å². The van der Waals surface area contributed by atoms with Gasteiger partial charge in [-0.25, -0.2) is 4.79 Å². The summed E-state index contributed by atoms with van der Waals surface area (Å²) in [6.07, 6.45) is 3.95. The monoisotopic (exact) mass is 304 g/mol. The minimum absolute atomic E-state index is 0.193. The van der Waals surface area contributed by atoms with Gasteiger partial charge in [0, 0.05) is 17.2 Å². The van der Waals surface area contributed by atoms with Crippen LogP contribution >= 0.6 is 0 Å². The molecule has 1 aliphatic rings. The number of aromatic nitrogens is 4. The summed E-state index contributed by atoms with van der Waals surface area (Å²) < 4.78 is 11.9. The highest BCUT2D eigenvalue weighted by Crippen LogP contribution is 2.25. The van der Waals surface area contributed by atoms with E-state index in [0.717, 1.165) is 36.9 Å². The first-order valence-corrected chi connectivity index (χ1v) is 7.59. The average molecular weight is 304 g/mol. The lowest BCUT2D eigenvalue weighted by atomic mass is 9.95. The maximum absolute atomic E-state index is 11.9. The van der Waals surface area contributed by atoms with Crippen LogP contribution in [0.3, 0.4) is 0 Å². The van der Waals surface area contributed by atoms with E-state index in [1.54, 1.807) is 0 Å². The summed E-state index contributed by atoms with van der Waals surface area (Å²) in [5.41, 5.74) is 2.51. The number of rotatable bonds is 4. The van der Waals surface area contributed by atoms with Crippen molar-refractivity contribution in [3.05, 3.63) is 28.7 Å². The van der Waals surface area contributed by atoms with Gasteiger partial charge in [0.05, 0.1) is 7.11 Å². The highest BCUT2D eigenvalue weighted by Gasteiger charge is 2.26. The largest absolute Gasteiger partial charge is 0.464 e. The second-order valence-corrected chi connectivity index (χ2v) is 5.83. The molecule has 2 aromatic heterocycles. The second kappa shape index (κ2) is 5.90. The van der Waals surface area contributed by atoms with E-state index in [0.29, 0.717) is 24.0 Å². The first-order chi connectivity index (χ1) is 10.6. The van der Waals surface area contributed by atoms with Crippen LogP contribution in [-0.2, 0) is 24.1 Å². The Morgan fingerprint density at radius 1 is 1.36 bits per heavy atom. The summed E-state index contributed by atoms with van der Waals surface area (Å²) in [6.45, 7) is 4.42. The lowest BCUT2D eigenvalue weighted by molar-refractivity contribution is 0.0591. The number of hydrogen-bond acceptors (Lipinski definition) is 6. The van der Waals surface area contributed by atoms with Gasteiger partial charge in [-0.2, -0.15) is 10.1 Å². The molecule has 1 aliphatic carbocycles. The number of carbonyl (C=O) groups excluding carboxylic acids is 1. The Bertz CT molecular complexity index is 687. The molecule has 0 fully saturated rings. The molecule has 0 bridgehead atoms. The molecule has 0 N–H and O–H groups in total. The Labute approximate surface area is 128 Å². The van der Waals surface area contributed by atoms with Crippen LogP contribution in [-0.4, -0.2) is 33.0 Å². The number of methoxy groups -OCH3 is 1. The van der Waals surface area contributed by atoms with Gasteiger partial charge in [0.15, 0.2) is 11.5 Å². The lowest BCUT2D eigenvalue weighted by Crippen LogP contribution is -2.11. The molecule has 0 aliphatic heterocycles. The second-order valence-electron chi connectivity index (χ2n) is 5.83. The summed E-state index contributed by atoms with van der Waals surface area (Å²) in [4.78, 5) is 16.3. The molecule has 0 amide bonds. The quantitative estimate of drug-likeness (QED) is 0.804. The van der Waals surface area contributed by atoms with Crippen molar-refractivity contribution < 1.29 is 14.1 Å². The van der Waals surface area contributed by atoms with Gasteiger partial charge in [-0.3, -0.25) is 4.68 Å². The number of carbonyl (C=O) groups is 1. The SMILES string of the molecule is COC(=O)c1nn(Cc2noc(C(C)C)n2)c2c1CCCC2. The smallest absolute Gasteiger partial charge is 0.358 e. The Kier molecular flexibility index (Phi) is 3.96. The van der Waals surface area contributed by atoms with E-state index in [1.165, 1.54) is 7.11 Å². The number of esters is 1. The van der Waals surface area contributed by atoms with Crippen LogP contribution in [0.4, 0.5) is 0 Å².